The number of rotatable bonds is 5. The Balaban J connectivity index is 2.14. The van der Waals surface area contributed by atoms with Crippen LogP contribution in [-0.2, 0) is 0 Å². The first-order chi connectivity index (χ1) is 14.6. The van der Waals surface area contributed by atoms with E-state index in [1.54, 1.807) is 0 Å². The van der Waals surface area contributed by atoms with Gasteiger partial charge >= 0.3 is 0 Å². The molecule has 0 amide bonds. The van der Waals surface area contributed by atoms with Crippen molar-refractivity contribution in [3.05, 3.63) is 58.2 Å². The second-order valence-corrected chi connectivity index (χ2v) is 8.27. The molecule has 31 heavy (non-hydrogen) atoms. The topological polar surface area (TPSA) is 107 Å². The van der Waals surface area contributed by atoms with Crippen LogP contribution in [0.1, 0.15) is 74.5 Å². The number of phenols is 4. The Morgan fingerprint density at radius 3 is 2.35 bits per heavy atom. The highest BCUT2D eigenvalue weighted by Crippen LogP contribution is 2.50. The van der Waals surface area contributed by atoms with Crippen molar-refractivity contribution in [2.24, 2.45) is 0 Å². The molecule has 0 spiro atoms. The molecule has 1 aliphatic heterocycles. The van der Waals surface area contributed by atoms with Gasteiger partial charge in [0, 0.05) is 17.7 Å². The predicted molar refractivity (Wildman–Crippen MR) is 119 cm³/mol. The van der Waals surface area contributed by atoms with Crippen LogP contribution in [0.3, 0.4) is 0 Å². The van der Waals surface area contributed by atoms with Gasteiger partial charge in [0.25, 0.3) is 0 Å². The quantitative estimate of drug-likeness (QED) is 0.455. The van der Waals surface area contributed by atoms with Crippen molar-refractivity contribution >= 4 is 11.4 Å². The first kappa shape index (κ1) is 22.3. The molecule has 6 nitrogen and oxygen atoms in total. The van der Waals surface area contributed by atoms with Gasteiger partial charge in [-0.2, -0.15) is 0 Å². The fraction of sp³-hybridized carbons (Fsp3) is 0.320. The molecule has 2 aromatic carbocycles. The Hall–Kier alpha value is -3.41. The summed E-state index contributed by atoms with van der Waals surface area (Å²) < 4.78 is 6.13. The van der Waals surface area contributed by atoms with E-state index in [4.69, 9.17) is 4.74 Å². The normalized spacial score (nSPS) is 15.1. The number of hydrogen-bond acceptors (Lipinski definition) is 6. The fourth-order valence-electron chi connectivity index (χ4n) is 3.87. The molecule has 6 heteroatoms. The van der Waals surface area contributed by atoms with Crippen molar-refractivity contribution < 1.29 is 30.0 Å². The third-order valence-corrected chi connectivity index (χ3v) is 5.36. The Morgan fingerprint density at radius 1 is 1.03 bits per heavy atom. The van der Waals surface area contributed by atoms with Gasteiger partial charge in [-0.15, -0.1) is 0 Å². The van der Waals surface area contributed by atoms with Crippen molar-refractivity contribution in [1.82, 2.24) is 0 Å². The average molecular weight is 424 g/mol. The summed E-state index contributed by atoms with van der Waals surface area (Å²) in [5.74, 6) is -1.06. The molecule has 4 N–H and O–H groups in total. The SMILES string of the molecule is CC(C)=CCCC(=C(C)C)c1c(O)cc(O)c2c1OC(c1ccc(O)cc1O)CC2=O. The number of hydrogen-bond donors (Lipinski definition) is 4. The molecule has 164 valence electrons. The van der Waals surface area contributed by atoms with E-state index >= 15 is 0 Å². The van der Waals surface area contributed by atoms with Gasteiger partial charge in [-0.25, -0.2) is 0 Å². The van der Waals surface area contributed by atoms with Crippen LogP contribution in [0.2, 0.25) is 0 Å². The smallest absolute Gasteiger partial charge is 0.174 e. The van der Waals surface area contributed by atoms with Gasteiger partial charge in [0.15, 0.2) is 5.78 Å². The molecule has 0 fully saturated rings. The second-order valence-electron chi connectivity index (χ2n) is 8.27. The van der Waals surface area contributed by atoms with E-state index in [0.29, 0.717) is 17.5 Å². The second kappa shape index (κ2) is 8.76. The number of fused-ring (bicyclic) bond motifs is 1. The molecule has 0 saturated heterocycles. The summed E-state index contributed by atoms with van der Waals surface area (Å²) in [7, 11) is 0. The zero-order valence-corrected chi connectivity index (χ0v) is 18.2. The molecule has 1 unspecified atom stereocenters. The number of benzene rings is 2. The van der Waals surface area contributed by atoms with Crippen molar-refractivity contribution in [3.63, 3.8) is 0 Å². The molecule has 3 rings (SSSR count). The van der Waals surface area contributed by atoms with Crippen LogP contribution >= 0.6 is 0 Å². The van der Waals surface area contributed by atoms with E-state index in [-0.39, 0.29) is 46.5 Å². The van der Waals surface area contributed by atoms with Crippen LogP contribution < -0.4 is 4.74 Å². The minimum absolute atomic E-state index is 0.0308. The van der Waals surface area contributed by atoms with Gasteiger partial charge in [-0.1, -0.05) is 17.2 Å². The monoisotopic (exact) mass is 424 g/mol. The third kappa shape index (κ3) is 4.53. The first-order valence-corrected chi connectivity index (χ1v) is 10.2. The maximum atomic E-state index is 12.9. The summed E-state index contributed by atoms with van der Waals surface area (Å²) in [6, 6.07) is 5.25. The maximum absolute atomic E-state index is 12.9. The van der Waals surface area contributed by atoms with Crippen molar-refractivity contribution in [2.45, 2.75) is 53.1 Å². The molecule has 0 radical (unpaired) electrons. The highest BCUT2D eigenvalue weighted by molar-refractivity contribution is 6.05. The lowest BCUT2D eigenvalue weighted by Crippen LogP contribution is -2.22. The third-order valence-electron chi connectivity index (χ3n) is 5.36. The summed E-state index contributed by atoms with van der Waals surface area (Å²) in [6.07, 6.45) is 2.54. The van der Waals surface area contributed by atoms with E-state index < -0.39 is 6.10 Å². The minimum atomic E-state index is -0.822. The molecule has 1 heterocycles. The van der Waals surface area contributed by atoms with E-state index in [1.165, 1.54) is 29.8 Å². The fourth-order valence-corrected chi connectivity index (χ4v) is 3.87. The first-order valence-electron chi connectivity index (χ1n) is 10.2. The number of phenolic OH excluding ortho intramolecular Hbond substituents is 4. The van der Waals surface area contributed by atoms with E-state index in [2.05, 4.69) is 6.08 Å². The summed E-state index contributed by atoms with van der Waals surface area (Å²) in [6.45, 7) is 7.87. The Labute approximate surface area is 181 Å². The number of allylic oxidation sites excluding steroid dienone is 4. The lowest BCUT2D eigenvalue weighted by molar-refractivity contribution is 0.0841. The summed E-state index contributed by atoms with van der Waals surface area (Å²) in [5.41, 5.74) is 3.72. The van der Waals surface area contributed by atoms with Crippen LogP contribution in [0.4, 0.5) is 0 Å². The molecular weight excluding hydrogens is 396 g/mol. The number of Topliss-reactive ketones (excluding diaryl/α,β-unsaturated/α-hetero) is 1. The van der Waals surface area contributed by atoms with Crippen LogP contribution in [0.15, 0.2) is 41.5 Å². The zero-order chi connectivity index (χ0) is 22.9. The van der Waals surface area contributed by atoms with Crippen LogP contribution in [0, 0.1) is 0 Å². The van der Waals surface area contributed by atoms with Gasteiger partial charge < -0.3 is 25.2 Å². The predicted octanol–water partition coefficient (Wildman–Crippen LogP) is 5.76. The number of carbonyl (C=O) groups is 1. The molecule has 2 aromatic rings. The number of carbonyl (C=O) groups excluding carboxylic acids is 1. The van der Waals surface area contributed by atoms with E-state index in [1.807, 2.05) is 27.7 Å². The van der Waals surface area contributed by atoms with Crippen LogP contribution in [0.25, 0.3) is 5.57 Å². The number of ether oxygens (including phenoxy) is 1. The van der Waals surface area contributed by atoms with Gasteiger partial charge in [0.05, 0.1) is 12.0 Å². The highest BCUT2D eigenvalue weighted by Gasteiger charge is 2.35. The van der Waals surface area contributed by atoms with E-state index in [9.17, 15) is 25.2 Å². The number of ketones is 1. The molecule has 1 atom stereocenters. The molecule has 0 aromatic heterocycles. The lowest BCUT2D eigenvalue weighted by Gasteiger charge is -2.29. The minimum Gasteiger partial charge on any atom is -0.508 e. The molecule has 0 saturated carbocycles. The van der Waals surface area contributed by atoms with Crippen molar-refractivity contribution in [3.8, 4) is 28.7 Å². The standard InChI is InChI=1S/C25H28O6/c1-13(2)6-5-7-16(14(3)4)23-19(28)11-20(29)24-21(30)12-22(31-25(23)24)17-9-8-15(26)10-18(17)27/h6,8-11,22,26-29H,5,7,12H2,1-4H3. The van der Waals surface area contributed by atoms with Gasteiger partial charge in [0.2, 0.25) is 0 Å². The maximum Gasteiger partial charge on any atom is 0.174 e. The van der Waals surface area contributed by atoms with Gasteiger partial charge in [-0.3, -0.25) is 4.79 Å². The zero-order valence-electron chi connectivity index (χ0n) is 18.2. The summed E-state index contributed by atoms with van der Waals surface area (Å²) in [5, 5.41) is 40.9. The van der Waals surface area contributed by atoms with Crippen molar-refractivity contribution in [1.29, 1.82) is 0 Å². The van der Waals surface area contributed by atoms with Crippen molar-refractivity contribution in [2.75, 3.05) is 0 Å². The number of aromatic hydroxyl groups is 4. The van der Waals surface area contributed by atoms with Gasteiger partial charge in [0.1, 0.15) is 40.4 Å². The Bertz CT molecular complexity index is 1090. The summed E-state index contributed by atoms with van der Waals surface area (Å²) in [4.78, 5) is 12.9. The average Bonchev–Trinajstić information content (AvgIpc) is 2.65. The lowest BCUT2D eigenvalue weighted by atomic mass is 9.88. The van der Waals surface area contributed by atoms with E-state index in [0.717, 1.165) is 17.6 Å². The molecule has 0 bridgehead atoms. The highest BCUT2D eigenvalue weighted by atomic mass is 16.5. The largest absolute Gasteiger partial charge is 0.508 e. The molecule has 1 aliphatic rings. The Kier molecular flexibility index (Phi) is 6.29. The molecular formula is C25H28O6. The van der Waals surface area contributed by atoms with Crippen LogP contribution in [-0.4, -0.2) is 26.2 Å². The molecule has 0 aliphatic carbocycles. The van der Waals surface area contributed by atoms with Gasteiger partial charge in [-0.05, 0) is 58.2 Å². The van der Waals surface area contributed by atoms with Crippen LogP contribution in [0.5, 0.6) is 28.7 Å². The Morgan fingerprint density at radius 2 is 1.74 bits per heavy atom. The summed E-state index contributed by atoms with van der Waals surface area (Å²) >= 11 is 0.